The first-order valence-corrected chi connectivity index (χ1v) is 7.10. The lowest BCUT2D eigenvalue weighted by Crippen LogP contribution is -2.31. The maximum Gasteiger partial charge on any atom is 0.169 e. The van der Waals surface area contributed by atoms with Gasteiger partial charge in [0.05, 0.1) is 6.54 Å². The molecule has 0 aliphatic carbocycles. The molecule has 0 spiro atoms. The minimum atomic E-state index is 0.255. The topological polar surface area (TPSA) is 34.4 Å². The van der Waals surface area contributed by atoms with Gasteiger partial charge in [0.25, 0.3) is 0 Å². The molecule has 0 saturated carbocycles. The highest BCUT2D eigenvalue weighted by Crippen LogP contribution is 2.14. The summed E-state index contributed by atoms with van der Waals surface area (Å²) in [6, 6.07) is 12.2. The first-order chi connectivity index (χ1) is 9.13. The number of benzene rings is 1. The molecule has 1 N–H and O–H groups in total. The summed E-state index contributed by atoms with van der Waals surface area (Å²) in [5, 5.41) is 3.35. The molecular formula is C15H18BrNO2. The van der Waals surface area contributed by atoms with E-state index in [2.05, 4.69) is 35.1 Å². The maximum atomic E-state index is 5.71. The van der Waals surface area contributed by atoms with Gasteiger partial charge in [-0.05, 0) is 54.0 Å². The predicted octanol–water partition coefficient (Wildman–Crippen LogP) is 3.91. The number of ether oxygens (including phenoxy) is 1. The lowest BCUT2D eigenvalue weighted by atomic mass is 10.2. The van der Waals surface area contributed by atoms with Crippen LogP contribution in [0.3, 0.4) is 0 Å². The van der Waals surface area contributed by atoms with Crippen molar-refractivity contribution in [2.24, 2.45) is 0 Å². The summed E-state index contributed by atoms with van der Waals surface area (Å²) in [6.45, 7) is 5.48. The fraction of sp³-hybridized carbons (Fsp3) is 0.333. The summed E-state index contributed by atoms with van der Waals surface area (Å²) < 4.78 is 11.9. The van der Waals surface area contributed by atoms with Gasteiger partial charge in [0.1, 0.15) is 18.1 Å². The number of hydrogen-bond donors (Lipinski definition) is 1. The average Bonchev–Trinajstić information content (AvgIpc) is 2.81. The second-order valence-electron chi connectivity index (χ2n) is 4.61. The second-order valence-corrected chi connectivity index (χ2v) is 5.39. The van der Waals surface area contributed by atoms with E-state index in [4.69, 9.17) is 9.15 Å². The minimum Gasteiger partial charge on any atom is -0.492 e. The first kappa shape index (κ1) is 14.2. The molecule has 0 aliphatic rings. The third-order valence-corrected chi connectivity index (χ3v) is 3.20. The molecule has 3 nitrogen and oxygen atoms in total. The van der Waals surface area contributed by atoms with E-state index in [0.717, 1.165) is 16.2 Å². The lowest BCUT2D eigenvalue weighted by molar-refractivity contribution is 0.269. The van der Waals surface area contributed by atoms with Gasteiger partial charge in [-0.15, -0.1) is 0 Å². The summed E-state index contributed by atoms with van der Waals surface area (Å²) in [5.41, 5.74) is 1.24. The van der Waals surface area contributed by atoms with Crippen LogP contribution in [0.5, 0.6) is 5.75 Å². The van der Waals surface area contributed by atoms with Crippen molar-refractivity contribution in [2.45, 2.75) is 26.4 Å². The Labute approximate surface area is 122 Å². The van der Waals surface area contributed by atoms with Crippen molar-refractivity contribution in [1.82, 2.24) is 5.32 Å². The molecule has 2 rings (SSSR count). The Balaban J connectivity index is 1.72. The minimum absolute atomic E-state index is 0.255. The third-order valence-electron chi connectivity index (χ3n) is 2.77. The van der Waals surface area contributed by atoms with Gasteiger partial charge in [0, 0.05) is 6.04 Å². The molecular weight excluding hydrogens is 306 g/mol. The van der Waals surface area contributed by atoms with Crippen LogP contribution in [0.2, 0.25) is 0 Å². The molecule has 1 heterocycles. The summed E-state index contributed by atoms with van der Waals surface area (Å²) in [7, 11) is 0. The normalized spacial score (nSPS) is 12.4. The molecule has 0 bridgehead atoms. The van der Waals surface area contributed by atoms with Crippen molar-refractivity contribution in [1.29, 1.82) is 0 Å². The molecule has 19 heavy (non-hydrogen) atoms. The van der Waals surface area contributed by atoms with E-state index in [1.807, 2.05) is 36.4 Å². The van der Waals surface area contributed by atoms with Crippen LogP contribution in [0.1, 0.15) is 18.2 Å². The van der Waals surface area contributed by atoms with Crippen molar-refractivity contribution in [3.63, 3.8) is 0 Å². The standard InChI is InChI=1S/C15H18BrNO2/c1-11-3-5-13(6-4-11)18-10-12(2)17-9-14-7-8-15(16)19-14/h3-8,12,17H,9-10H2,1-2H3. The maximum absolute atomic E-state index is 5.71. The van der Waals surface area contributed by atoms with Crippen LogP contribution >= 0.6 is 15.9 Å². The third kappa shape index (κ3) is 4.73. The van der Waals surface area contributed by atoms with Crippen molar-refractivity contribution in [2.75, 3.05) is 6.61 Å². The van der Waals surface area contributed by atoms with E-state index in [0.29, 0.717) is 13.2 Å². The van der Waals surface area contributed by atoms with Crippen LogP contribution in [-0.4, -0.2) is 12.6 Å². The molecule has 102 valence electrons. The summed E-state index contributed by atoms with van der Waals surface area (Å²) in [4.78, 5) is 0. The number of furan rings is 1. The molecule has 0 amide bonds. The Morgan fingerprint density at radius 1 is 1.21 bits per heavy atom. The van der Waals surface area contributed by atoms with E-state index in [-0.39, 0.29) is 6.04 Å². The van der Waals surface area contributed by atoms with Gasteiger partial charge >= 0.3 is 0 Å². The van der Waals surface area contributed by atoms with Gasteiger partial charge in [-0.1, -0.05) is 17.7 Å². The molecule has 0 fully saturated rings. The van der Waals surface area contributed by atoms with Gasteiger partial charge in [0.2, 0.25) is 0 Å². The van der Waals surface area contributed by atoms with Crippen molar-refractivity contribution in [3.05, 3.63) is 52.4 Å². The summed E-state index contributed by atoms with van der Waals surface area (Å²) in [5.74, 6) is 1.81. The number of aryl methyl sites for hydroxylation is 1. The zero-order chi connectivity index (χ0) is 13.7. The smallest absolute Gasteiger partial charge is 0.169 e. The van der Waals surface area contributed by atoms with Crippen molar-refractivity contribution >= 4 is 15.9 Å². The molecule has 0 aliphatic heterocycles. The van der Waals surface area contributed by atoms with Gasteiger partial charge in [0.15, 0.2) is 4.67 Å². The zero-order valence-electron chi connectivity index (χ0n) is 11.2. The van der Waals surface area contributed by atoms with Crippen LogP contribution < -0.4 is 10.1 Å². The largest absolute Gasteiger partial charge is 0.492 e. The van der Waals surface area contributed by atoms with E-state index in [1.165, 1.54) is 5.56 Å². The van der Waals surface area contributed by atoms with Gasteiger partial charge in [-0.3, -0.25) is 0 Å². The molecule has 1 aromatic heterocycles. The van der Waals surface area contributed by atoms with Gasteiger partial charge < -0.3 is 14.5 Å². The molecule has 0 radical (unpaired) electrons. The quantitative estimate of drug-likeness (QED) is 0.875. The number of halogens is 1. The van der Waals surface area contributed by atoms with Crippen molar-refractivity contribution in [3.8, 4) is 5.75 Å². The van der Waals surface area contributed by atoms with Crippen LogP contribution in [0.4, 0.5) is 0 Å². The lowest BCUT2D eigenvalue weighted by Gasteiger charge is -2.14. The monoisotopic (exact) mass is 323 g/mol. The molecule has 1 unspecified atom stereocenters. The second kappa shape index (κ2) is 6.78. The Kier molecular flexibility index (Phi) is 5.05. The Morgan fingerprint density at radius 2 is 1.95 bits per heavy atom. The van der Waals surface area contributed by atoms with Crippen molar-refractivity contribution < 1.29 is 9.15 Å². The number of rotatable bonds is 6. The van der Waals surface area contributed by atoms with Crippen LogP contribution in [-0.2, 0) is 6.54 Å². The van der Waals surface area contributed by atoms with Gasteiger partial charge in [-0.25, -0.2) is 0 Å². The highest BCUT2D eigenvalue weighted by molar-refractivity contribution is 9.10. The Bertz CT molecular complexity index is 507. The van der Waals surface area contributed by atoms with E-state index < -0.39 is 0 Å². The number of hydrogen-bond acceptors (Lipinski definition) is 3. The highest BCUT2D eigenvalue weighted by Gasteiger charge is 2.05. The Hall–Kier alpha value is -1.26. The van der Waals surface area contributed by atoms with Crippen LogP contribution in [0, 0.1) is 6.92 Å². The summed E-state index contributed by atoms with van der Waals surface area (Å²) >= 11 is 3.29. The summed E-state index contributed by atoms with van der Waals surface area (Å²) in [6.07, 6.45) is 0. The fourth-order valence-corrected chi connectivity index (χ4v) is 1.98. The average molecular weight is 324 g/mol. The van der Waals surface area contributed by atoms with E-state index in [9.17, 15) is 0 Å². The molecule has 1 aromatic carbocycles. The Morgan fingerprint density at radius 3 is 2.58 bits per heavy atom. The van der Waals surface area contributed by atoms with E-state index in [1.54, 1.807) is 0 Å². The fourth-order valence-electron chi connectivity index (χ4n) is 1.64. The number of nitrogens with one attached hydrogen (secondary N) is 1. The molecule has 1 atom stereocenters. The predicted molar refractivity (Wildman–Crippen MR) is 79.4 cm³/mol. The zero-order valence-corrected chi connectivity index (χ0v) is 12.7. The molecule has 4 heteroatoms. The molecule has 2 aromatic rings. The molecule has 0 saturated heterocycles. The van der Waals surface area contributed by atoms with Crippen LogP contribution in [0.25, 0.3) is 0 Å². The van der Waals surface area contributed by atoms with E-state index >= 15 is 0 Å². The highest BCUT2D eigenvalue weighted by atomic mass is 79.9. The van der Waals surface area contributed by atoms with Crippen LogP contribution in [0.15, 0.2) is 45.5 Å². The first-order valence-electron chi connectivity index (χ1n) is 6.30. The van der Waals surface area contributed by atoms with Gasteiger partial charge in [-0.2, -0.15) is 0 Å². The SMILES string of the molecule is Cc1ccc(OCC(C)NCc2ccc(Br)o2)cc1.